The van der Waals surface area contributed by atoms with E-state index in [1.54, 1.807) is 0 Å². The van der Waals surface area contributed by atoms with Crippen LogP contribution < -0.4 is 9.80 Å². The van der Waals surface area contributed by atoms with E-state index in [9.17, 15) is 0 Å². The van der Waals surface area contributed by atoms with Gasteiger partial charge < -0.3 is 14.4 Å². The van der Waals surface area contributed by atoms with E-state index in [-0.39, 0.29) is 21.7 Å². The SMILES string of the molecule is Cc1cc(N(c2ccc(C(C)(C)C)cc2)c2cccc3sc4ccccc4c23)c(Cl)c(N2c3ccc(C(C)(C)C)cc3-n3c4ccc(C(C)(C)C)cc4c4cc(C(C)(C)C)cc2c43)c1. The van der Waals surface area contributed by atoms with Crippen molar-refractivity contribution >= 4 is 99.0 Å². The number of hydrogen-bond donors (Lipinski definition) is 0. The Morgan fingerprint density at radius 3 is 1.75 bits per heavy atom. The van der Waals surface area contributed by atoms with Crippen LogP contribution in [0, 0.1) is 6.92 Å². The predicted octanol–water partition coefficient (Wildman–Crippen LogP) is 18.6. The van der Waals surface area contributed by atoms with Crippen molar-refractivity contribution in [2.75, 3.05) is 9.80 Å². The number of anilines is 6. The lowest BCUT2D eigenvalue weighted by Crippen LogP contribution is -2.22. The summed E-state index contributed by atoms with van der Waals surface area (Å²) in [7, 11) is 0. The molecule has 1 aliphatic rings. The van der Waals surface area contributed by atoms with Crippen molar-refractivity contribution in [3.05, 3.63) is 160 Å². The number of benzene rings is 7. The molecule has 0 aliphatic carbocycles. The fraction of sp³-hybridized carbons (Fsp3) is 0.288. The number of aromatic nitrogens is 1. The summed E-state index contributed by atoms with van der Waals surface area (Å²) in [5.74, 6) is 0. The minimum Gasteiger partial charge on any atom is -0.308 e. The molecule has 64 heavy (non-hydrogen) atoms. The summed E-state index contributed by atoms with van der Waals surface area (Å²) >= 11 is 10.0. The highest BCUT2D eigenvalue weighted by Gasteiger charge is 2.35. The van der Waals surface area contributed by atoms with Gasteiger partial charge in [0.15, 0.2) is 0 Å². The normalized spacial score (nSPS) is 13.4. The summed E-state index contributed by atoms with van der Waals surface area (Å²) in [6.07, 6.45) is 0. The number of rotatable bonds is 4. The molecule has 324 valence electrons. The van der Waals surface area contributed by atoms with Crippen molar-refractivity contribution in [1.82, 2.24) is 4.57 Å². The molecular weight excluding hydrogens is 818 g/mol. The lowest BCUT2D eigenvalue weighted by Gasteiger charge is -2.37. The Balaban J connectivity index is 1.31. The van der Waals surface area contributed by atoms with Gasteiger partial charge in [0, 0.05) is 36.6 Å². The first-order valence-electron chi connectivity index (χ1n) is 22.8. The summed E-state index contributed by atoms with van der Waals surface area (Å²) in [5.41, 5.74) is 16.1. The molecule has 0 unspecified atom stereocenters. The van der Waals surface area contributed by atoms with E-state index in [1.807, 2.05) is 11.3 Å². The van der Waals surface area contributed by atoms with E-state index in [0.717, 1.165) is 45.4 Å². The van der Waals surface area contributed by atoms with Gasteiger partial charge in [0.05, 0.1) is 50.2 Å². The number of halogens is 1. The number of aryl methyl sites for hydroxylation is 1. The zero-order valence-electron chi connectivity index (χ0n) is 39.8. The molecule has 5 heteroatoms. The van der Waals surface area contributed by atoms with E-state index in [4.69, 9.17) is 11.6 Å². The fourth-order valence-corrected chi connectivity index (χ4v) is 11.1. The standard InChI is InChI=1S/C59H60ClN3S/c1-35-29-48(61(40-25-21-36(22-26-40)56(2,3)4)46-18-16-20-52-53(46)41-17-14-15-19-51(41)64-52)54(60)49(30-35)62-45-28-24-38(58(8,9)10)33-47(45)63-44-27-23-37(57(5,6)7)31-42(44)43-32-39(59(11,12)13)34-50(62)55(43)63/h14-34H,1-13H3. The van der Waals surface area contributed by atoms with E-state index >= 15 is 0 Å². The predicted molar refractivity (Wildman–Crippen MR) is 281 cm³/mol. The Morgan fingerprint density at radius 2 is 1.06 bits per heavy atom. The van der Waals surface area contributed by atoms with E-state index in [2.05, 4.69) is 232 Å². The Bertz CT molecular complexity index is 3340. The summed E-state index contributed by atoms with van der Waals surface area (Å²) in [5, 5.41) is 5.73. The van der Waals surface area contributed by atoms with Crippen LogP contribution >= 0.6 is 22.9 Å². The van der Waals surface area contributed by atoms with Gasteiger partial charge in [-0.05, 0) is 135 Å². The highest BCUT2D eigenvalue weighted by atomic mass is 35.5. The Morgan fingerprint density at radius 1 is 0.469 bits per heavy atom. The first-order chi connectivity index (χ1) is 30.1. The Labute approximate surface area is 388 Å². The third-order valence-corrected chi connectivity index (χ3v) is 14.9. The number of nitrogens with zero attached hydrogens (tertiary/aromatic N) is 3. The van der Waals surface area contributed by atoms with Gasteiger partial charge in [-0.1, -0.05) is 143 Å². The van der Waals surface area contributed by atoms with Crippen LogP contribution in [-0.4, -0.2) is 4.57 Å². The number of thiophene rings is 1. The third-order valence-electron chi connectivity index (χ3n) is 13.4. The van der Waals surface area contributed by atoms with Gasteiger partial charge in [-0.3, -0.25) is 0 Å². The second-order valence-electron chi connectivity index (χ2n) is 22.2. The lowest BCUT2D eigenvalue weighted by atomic mass is 9.84. The van der Waals surface area contributed by atoms with Crippen LogP contribution in [0.25, 0.3) is 47.7 Å². The highest BCUT2D eigenvalue weighted by Crippen LogP contribution is 2.56. The van der Waals surface area contributed by atoms with Crippen molar-refractivity contribution in [3.63, 3.8) is 0 Å². The molecule has 2 aromatic heterocycles. The Hall–Kier alpha value is -5.55. The molecule has 9 aromatic rings. The van der Waals surface area contributed by atoms with Crippen molar-refractivity contribution in [2.24, 2.45) is 0 Å². The maximum absolute atomic E-state index is 8.18. The molecule has 0 N–H and O–H groups in total. The second-order valence-corrected chi connectivity index (χ2v) is 23.7. The van der Waals surface area contributed by atoms with E-state index < -0.39 is 0 Å². The molecule has 0 fully saturated rings. The average Bonchev–Trinajstić information content (AvgIpc) is 3.78. The van der Waals surface area contributed by atoms with Crippen molar-refractivity contribution in [2.45, 2.75) is 112 Å². The molecular formula is C59H60ClN3S. The van der Waals surface area contributed by atoms with Crippen LogP contribution in [0.4, 0.5) is 34.1 Å². The van der Waals surface area contributed by atoms with E-state index in [0.29, 0.717) is 5.02 Å². The molecule has 1 aliphatic heterocycles. The van der Waals surface area contributed by atoms with Crippen molar-refractivity contribution in [3.8, 4) is 5.69 Å². The van der Waals surface area contributed by atoms with Crippen molar-refractivity contribution in [1.29, 1.82) is 0 Å². The maximum atomic E-state index is 8.18. The van der Waals surface area contributed by atoms with Crippen LogP contribution in [0.1, 0.15) is 111 Å². The highest BCUT2D eigenvalue weighted by molar-refractivity contribution is 7.26. The first-order valence-corrected chi connectivity index (χ1v) is 24.0. The molecule has 10 rings (SSSR count). The minimum absolute atomic E-state index is 0.000672. The molecule has 0 atom stereocenters. The maximum Gasteiger partial charge on any atom is 0.0887 e. The molecule has 3 heterocycles. The van der Waals surface area contributed by atoms with Crippen LogP contribution in [-0.2, 0) is 21.7 Å². The van der Waals surface area contributed by atoms with Crippen LogP contribution in [0.5, 0.6) is 0 Å². The molecule has 0 spiro atoms. The minimum atomic E-state index is -0.109. The molecule has 0 bridgehead atoms. The fourth-order valence-electron chi connectivity index (χ4n) is 9.71. The van der Waals surface area contributed by atoms with Gasteiger partial charge in [-0.15, -0.1) is 11.3 Å². The van der Waals surface area contributed by atoms with Gasteiger partial charge in [0.2, 0.25) is 0 Å². The van der Waals surface area contributed by atoms with Gasteiger partial charge >= 0.3 is 0 Å². The number of hydrogen-bond acceptors (Lipinski definition) is 3. The zero-order chi connectivity index (χ0) is 45.4. The largest absolute Gasteiger partial charge is 0.308 e. The second kappa shape index (κ2) is 14.5. The smallest absolute Gasteiger partial charge is 0.0887 e. The zero-order valence-corrected chi connectivity index (χ0v) is 41.3. The van der Waals surface area contributed by atoms with Gasteiger partial charge in [0.25, 0.3) is 0 Å². The molecule has 3 nitrogen and oxygen atoms in total. The molecule has 0 saturated carbocycles. The monoisotopic (exact) mass is 877 g/mol. The summed E-state index contributed by atoms with van der Waals surface area (Å²) in [6, 6.07) is 48.3. The topological polar surface area (TPSA) is 11.4 Å². The van der Waals surface area contributed by atoms with Crippen LogP contribution in [0.2, 0.25) is 5.02 Å². The van der Waals surface area contributed by atoms with Gasteiger partial charge in [-0.2, -0.15) is 0 Å². The summed E-state index contributed by atoms with van der Waals surface area (Å²) < 4.78 is 5.06. The van der Waals surface area contributed by atoms with Gasteiger partial charge in [0.1, 0.15) is 0 Å². The first kappa shape index (κ1) is 42.4. The summed E-state index contributed by atoms with van der Waals surface area (Å²) in [4.78, 5) is 4.88. The molecule has 0 amide bonds. The number of fused-ring (bicyclic) bond motifs is 8. The lowest BCUT2D eigenvalue weighted by molar-refractivity contribution is 0.589. The molecule has 0 radical (unpaired) electrons. The van der Waals surface area contributed by atoms with E-state index in [1.165, 1.54) is 64.2 Å². The van der Waals surface area contributed by atoms with Crippen LogP contribution in [0.15, 0.2) is 127 Å². The molecule has 0 saturated heterocycles. The summed E-state index contributed by atoms with van der Waals surface area (Å²) in [6.45, 7) is 29.9. The average molecular weight is 879 g/mol. The molecule has 7 aromatic carbocycles. The van der Waals surface area contributed by atoms with Crippen LogP contribution in [0.3, 0.4) is 0 Å². The Kier molecular flexibility index (Phi) is 9.59. The van der Waals surface area contributed by atoms with Crippen molar-refractivity contribution < 1.29 is 0 Å². The quantitative estimate of drug-likeness (QED) is 0.174. The van der Waals surface area contributed by atoms with Gasteiger partial charge in [-0.25, -0.2) is 0 Å². The third kappa shape index (κ3) is 6.83.